The number of hydrogen-bond acceptors (Lipinski definition) is 5. The zero-order valence-electron chi connectivity index (χ0n) is 8.31. The minimum Gasteiger partial charge on any atom is -0.451 e. The lowest BCUT2D eigenvalue weighted by Gasteiger charge is -2.30. The fourth-order valence-electron chi connectivity index (χ4n) is 1.80. The average Bonchev–Trinajstić information content (AvgIpc) is 2.48. The first-order valence-electron chi connectivity index (χ1n) is 4.60. The number of fused-ring (bicyclic) bond motifs is 1. The van der Waals surface area contributed by atoms with E-state index in [4.69, 9.17) is 14.2 Å². The van der Waals surface area contributed by atoms with Gasteiger partial charge < -0.3 is 14.2 Å². The molecule has 0 N–H and O–H groups in total. The van der Waals surface area contributed by atoms with Crippen LogP contribution in [0.15, 0.2) is 0 Å². The van der Waals surface area contributed by atoms with Gasteiger partial charge in [-0.2, -0.15) is 0 Å². The van der Waals surface area contributed by atoms with E-state index < -0.39 is 34.0 Å². The van der Waals surface area contributed by atoms with Crippen LogP contribution in [0.1, 0.15) is 13.8 Å². The molecule has 0 aromatic rings. The van der Waals surface area contributed by atoms with E-state index in [9.17, 15) is 9.59 Å². The molecule has 6 heteroatoms. The van der Waals surface area contributed by atoms with Gasteiger partial charge in [-0.05, 0) is 13.8 Å². The van der Waals surface area contributed by atoms with E-state index in [1.54, 1.807) is 13.8 Å². The molecule has 0 amide bonds. The predicted octanol–water partition coefficient (Wildman–Crippen LogP) is 0.434. The fraction of sp³-hybridized carbons (Fsp3) is 0.778. The molecule has 2 aliphatic rings. The smallest absolute Gasteiger partial charge is 0.322 e. The Morgan fingerprint density at radius 2 is 1.93 bits per heavy atom. The maximum Gasteiger partial charge on any atom is 0.322 e. The van der Waals surface area contributed by atoms with Crippen LogP contribution in [0, 0.1) is 0 Å². The number of aldehydes is 1. The van der Waals surface area contributed by atoms with Crippen LogP contribution in [0.25, 0.3) is 0 Å². The second-order valence-electron chi connectivity index (χ2n) is 4.00. The van der Waals surface area contributed by atoms with Crippen LogP contribution in [0.4, 0.5) is 0 Å². The third-order valence-electron chi connectivity index (χ3n) is 2.39. The maximum absolute atomic E-state index is 11.4. The van der Waals surface area contributed by atoms with Gasteiger partial charge in [0, 0.05) is 0 Å². The summed E-state index contributed by atoms with van der Waals surface area (Å²) in [5.74, 6) is -1.19. The molecule has 5 nitrogen and oxygen atoms in total. The molecule has 0 aliphatic carbocycles. The van der Waals surface area contributed by atoms with Crippen molar-refractivity contribution in [2.24, 2.45) is 0 Å². The molecule has 2 rings (SSSR count). The van der Waals surface area contributed by atoms with Crippen LogP contribution < -0.4 is 0 Å². The Balaban J connectivity index is 2.25. The molecule has 0 unspecified atom stereocenters. The molecule has 84 valence electrons. The van der Waals surface area contributed by atoms with Crippen molar-refractivity contribution in [3.63, 3.8) is 0 Å². The number of halogens is 1. The van der Waals surface area contributed by atoms with Gasteiger partial charge in [0.1, 0.15) is 16.1 Å². The zero-order valence-corrected chi connectivity index (χ0v) is 10.5. The minimum atomic E-state index is -0.852. The molecular formula is C9H11IO5. The second kappa shape index (κ2) is 3.67. The molecule has 0 spiro atoms. The Morgan fingerprint density at radius 1 is 1.33 bits per heavy atom. The van der Waals surface area contributed by atoms with E-state index in [2.05, 4.69) is 0 Å². The predicted molar refractivity (Wildman–Crippen MR) is 57.6 cm³/mol. The summed E-state index contributed by atoms with van der Waals surface area (Å²) in [4.78, 5) is 22.1. The van der Waals surface area contributed by atoms with Crippen molar-refractivity contribution < 1.29 is 23.8 Å². The first kappa shape index (κ1) is 11.3. The van der Waals surface area contributed by atoms with Gasteiger partial charge in [-0.25, -0.2) is 0 Å². The van der Waals surface area contributed by atoms with E-state index >= 15 is 0 Å². The molecule has 2 fully saturated rings. The van der Waals surface area contributed by atoms with Crippen molar-refractivity contribution in [3.05, 3.63) is 0 Å². The van der Waals surface area contributed by atoms with Crippen LogP contribution in [0.2, 0.25) is 0 Å². The molecule has 2 heterocycles. The van der Waals surface area contributed by atoms with E-state index in [0.29, 0.717) is 6.29 Å². The molecule has 0 aromatic heterocycles. The van der Waals surface area contributed by atoms with Crippen molar-refractivity contribution in [1.29, 1.82) is 0 Å². The summed E-state index contributed by atoms with van der Waals surface area (Å²) in [7, 11) is 0. The van der Waals surface area contributed by atoms with Crippen molar-refractivity contribution in [2.75, 3.05) is 0 Å². The quantitative estimate of drug-likeness (QED) is 0.303. The summed E-state index contributed by atoms with van der Waals surface area (Å²) >= 11 is 1.95. The van der Waals surface area contributed by atoms with E-state index in [-0.39, 0.29) is 0 Å². The first-order valence-corrected chi connectivity index (χ1v) is 5.85. The second-order valence-corrected chi connectivity index (χ2v) is 5.35. The number of alkyl halides is 1. The van der Waals surface area contributed by atoms with Gasteiger partial charge in [-0.3, -0.25) is 9.59 Å². The number of rotatable bonds is 1. The highest BCUT2D eigenvalue weighted by molar-refractivity contribution is 14.1. The summed E-state index contributed by atoms with van der Waals surface area (Å²) in [6, 6.07) is 0. The molecular weight excluding hydrogens is 315 g/mol. The zero-order chi connectivity index (χ0) is 11.2. The highest BCUT2D eigenvalue weighted by Gasteiger charge is 2.54. The van der Waals surface area contributed by atoms with Crippen molar-refractivity contribution >= 4 is 34.8 Å². The van der Waals surface area contributed by atoms with E-state index in [1.807, 2.05) is 22.6 Å². The standard InChI is InChI=1S/C9H11IO5/c1-9(2)14-6-4(3-11)13-8(12)5(10)7(6)15-9/h3-7H,1-2H3/t4-,5+,6+,7-/m1/s1. The van der Waals surface area contributed by atoms with Gasteiger partial charge in [-0.1, -0.05) is 22.6 Å². The number of esters is 1. The number of carbonyl (C=O) groups is 2. The molecule has 0 bridgehead atoms. The van der Waals surface area contributed by atoms with Crippen molar-refractivity contribution in [3.8, 4) is 0 Å². The number of ether oxygens (including phenoxy) is 3. The lowest BCUT2D eigenvalue weighted by Crippen LogP contribution is -2.52. The van der Waals surface area contributed by atoms with Crippen molar-refractivity contribution in [2.45, 2.75) is 41.9 Å². The summed E-state index contributed by atoms with van der Waals surface area (Å²) in [5.41, 5.74) is 0. The van der Waals surface area contributed by atoms with E-state index in [1.165, 1.54) is 0 Å². The summed E-state index contributed by atoms with van der Waals surface area (Å²) in [6.45, 7) is 3.50. The highest BCUT2D eigenvalue weighted by atomic mass is 127. The Bertz CT molecular complexity index is 295. The maximum atomic E-state index is 11.4. The molecule has 0 radical (unpaired) electrons. The van der Waals surface area contributed by atoms with Gasteiger partial charge in [0.2, 0.25) is 0 Å². The fourth-order valence-corrected chi connectivity index (χ4v) is 2.51. The van der Waals surface area contributed by atoms with Gasteiger partial charge in [0.25, 0.3) is 0 Å². The third-order valence-corrected chi connectivity index (χ3v) is 3.60. The molecule has 2 saturated heterocycles. The monoisotopic (exact) mass is 326 g/mol. The van der Waals surface area contributed by atoms with Crippen LogP contribution in [0.5, 0.6) is 0 Å². The summed E-state index contributed by atoms with van der Waals surface area (Å²) in [6.07, 6.45) is -1.16. The molecule has 15 heavy (non-hydrogen) atoms. The minimum absolute atomic E-state index is 0.406. The largest absolute Gasteiger partial charge is 0.451 e. The Morgan fingerprint density at radius 3 is 2.53 bits per heavy atom. The number of hydrogen-bond donors (Lipinski definition) is 0. The molecule has 0 saturated carbocycles. The average molecular weight is 326 g/mol. The van der Waals surface area contributed by atoms with Crippen LogP contribution in [-0.2, 0) is 23.8 Å². The Labute approximate surface area is 101 Å². The van der Waals surface area contributed by atoms with E-state index in [0.717, 1.165) is 0 Å². The molecule has 4 atom stereocenters. The van der Waals surface area contributed by atoms with Gasteiger partial charge in [0.15, 0.2) is 18.2 Å². The van der Waals surface area contributed by atoms with Crippen LogP contribution in [0.3, 0.4) is 0 Å². The number of carbonyl (C=O) groups excluding carboxylic acids is 2. The third kappa shape index (κ3) is 1.90. The number of cyclic esters (lactones) is 1. The lowest BCUT2D eigenvalue weighted by atomic mass is 10.0. The SMILES string of the molecule is CC1(C)O[C@@H]2[C@H](O1)[C@H](I)C(=O)O[C@@H]2C=O. The van der Waals surface area contributed by atoms with Crippen molar-refractivity contribution in [1.82, 2.24) is 0 Å². The summed E-state index contributed by atoms with van der Waals surface area (Å²) in [5, 5.41) is 0. The van der Waals surface area contributed by atoms with Crippen LogP contribution >= 0.6 is 22.6 Å². The Kier molecular flexibility index (Phi) is 2.76. The normalized spacial score (nSPS) is 43.3. The first-order chi connectivity index (χ1) is 6.94. The van der Waals surface area contributed by atoms with Gasteiger partial charge >= 0.3 is 5.97 Å². The Hall–Kier alpha value is -0.210. The van der Waals surface area contributed by atoms with Gasteiger partial charge in [0.05, 0.1) is 0 Å². The van der Waals surface area contributed by atoms with Crippen LogP contribution in [-0.4, -0.2) is 40.3 Å². The topological polar surface area (TPSA) is 61.8 Å². The lowest BCUT2D eigenvalue weighted by molar-refractivity contribution is -0.170. The molecule has 0 aromatic carbocycles. The summed E-state index contributed by atoms with van der Waals surface area (Å²) < 4.78 is 15.6. The van der Waals surface area contributed by atoms with Gasteiger partial charge in [-0.15, -0.1) is 0 Å². The highest BCUT2D eigenvalue weighted by Crippen LogP contribution is 2.37. The molecule has 2 aliphatic heterocycles.